The molecular weight excluding hydrogens is 293 g/mol. The van der Waals surface area contributed by atoms with E-state index in [0.29, 0.717) is 42.7 Å². The van der Waals surface area contributed by atoms with Gasteiger partial charge in [0.05, 0.1) is 11.8 Å². The summed E-state index contributed by atoms with van der Waals surface area (Å²) in [4.78, 5) is 10.8. The zero-order chi connectivity index (χ0) is 14.8. The van der Waals surface area contributed by atoms with Crippen LogP contribution in [0.5, 0.6) is 0 Å². The second kappa shape index (κ2) is 5.95. The Kier molecular flexibility index (Phi) is 4.03. The summed E-state index contributed by atoms with van der Waals surface area (Å²) in [7, 11) is 0. The first-order valence-electron chi connectivity index (χ1n) is 6.85. The molecule has 1 aliphatic heterocycles. The SMILES string of the molecule is OC1CCN(c2nc(Cl)cc(-c3ccc(F)cc3)n2)CC1. The summed E-state index contributed by atoms with van der Waals surface area (Å²) in [6.45, 7) is 1.40. The Bertz CT molecular complexity index is 627. The van der Waals surface area contributed by atoms with Crippen LogP contribution in [-0.2, 0) is 0 Å². The van der Waals surface area contributed by atoms with E-state index in [1.54, 1.807) is 18.2 Å². The quantitative estimate of drug-likeness (QED) is 0.867. The molecule has 1 aromatic carbocycles. The summed E-state index contributed by atoms with van der Waals surface area (Å²) in [5, 5.41) is 9.91. The van der Waals surface area contributed by atoms with Gasteiger partial charge >= 0.3 is 0 Å². The van der Waals surface area contributed by atoms with E-state index in [4.69, 9.17) is 11.6 Å². The fourth-order valence-corrected chi connectivity index (χ4v) is 2.56. The van der Waals surface area contributed by atoms with Gasteiger partial charge in [0.15, 0.2) is 0 Å². The summed E-state index contributed by atoms with van der Waals surface area (Å²) in [6, 6.07) is 7.77. The van der Waals surface area contributed by atoms with E-state index in [9.17, 15) is 9.50 Å². The topological polar surface area (TPSA) is 49.2 Å². The van der Waals surface area contributed by atoms with E-state index >= 15 is 0 Å². The Labute approximate surface area is 127 Å². The third kappa shape index (κ3) is 3.31. The maximum Gasteiger partial charge on any atom is 0.227 e. The van der Waals surface area contributed by atoms with Gasteiger partial charge in [-0.3, -0.25) is 0 Å². The lowest BCUT2D eigenvalue weighted by Crippen LogP contribution is -2.36. The van der Waals surface area contributed by atoms with Crippen LogP contribution >= 0.6 is 11.6 Å². The first kappa shape index (κ1) is 14.2. The van der Waals surface area contributed by atoms with Crippen molar-refractivity contribution in [1.82, 2.24) is 9.97 Å². The number of aliphatic hydroxyl groups excluding tert-OH is 1. The number of anilines is 1. The molecule has 6 heteroatoms. The van der Waals surface area contributed by atoms with E-state index in [0.717, 1.165) is 5.56 Å². The molecule has 1 saturated heterocycles. The van der Waals surface area contributed by atoms with Crippen LogP contribution in [0.15, 0.2) is 30.3 Å². The van der Waals surface area contributed by atoms with Crippen molar-refractivity contribution in [3.8, 4) is 11.3 Å². The molecule has 1 aliphatic rings. The first-order chi connectivity index (χ1) is 10.1. The summed E-state index contributed by atoms with van der Waals surface area (Å²) >= 11 is 6.08. The molecule has 2 aromatic rings. The highest BCUT2D eigenvalue weighted by atomic mass is 35.5. The van der Waals surface area contributed by atoms with E-state index in [-0.39, 0.29) is 11.9 Å². The summed E-state index contributed by atoms with van der Waals surface area (Å²) in [5.74, 6) is 0.262. The fourth-order valence-electron chi connectivity index (χ4n) is 2.38. The van der Waals surface area contributed by atoms with Crippen LogP contribution in [-0.4, -0.2) is 34.3 Å². The molecule has 110 valence electrons. The summed E-state index contributed by atoms with van der Waals surface area (Å²) in [5.41, 5.74) is 1.45. The average molecular weight is 308 g/mol. The first-order valence-corrected chi connectivity index (χ1v) is 7.23. The van der Waals surface area contributed by atoms with Gasteiger partial charge in [-0.2, -0.15) is 0 Å². The Hall–Kier alpha value is -1.72. The number of aliphatic hydroxyl groups is 1. The molecule has 0 spiro atoms. The van der Waals surface area contributed by atoms with Gasteiger partial charge < -0.3 is 10.0 Å². The Balaban J connectivity index is 1.91. The molecule has 2 heterocycles. The van der Waals surface area contributed by atoms with Crippen LogP contribution in [0.3, 0.4) is 0 Å². The van der Waals surface area contributed by atoms with Gasteiger partial charge in [-0.1, -0.05) is 11.6 Å². The zero-order valence-electron chi connectivity index (χ0n) is 11.3. The van der Waals surface area contributed by atoms with E-state index in [1.807, 2.05) is 4.90 Å². The number of halogens is 2. The van der Waals surface area contributed by atoms with Gasteiger partial charge in [0.2, 0.25) is 5.95 Å². The Morgan fingerprint density at radius 2 is 1.81 bits per heavy atom. The molecule has 3 rings (SSSR count). The van der Waals surface area contributed by atoms with Crippen molar-refractivity contribution in [1.29, 1.82) is 0 Å². The predicted octanol–water partition coefficient (Wildman–Crippen LogP) is 2.90. The lowest BCUT2D eigenvalue weighted by molar-refractivity contribution is 0.145. The van der Waals surface area contributed by atoms with Crippen LogP contribution in [0.2, 0.25) is 5.15 Å². The van der Waals surface area contributed by atoms with Crippen molar-refractivity contribution in [2.24, 2.45) is 0 Å². The summed E-state index contributed by atoms with van der Waals surface area (Å²) in [6.07, 6.45) is 1.14. The molecule has 0 aliphatic carbocycles. The van der Waals surface area contributed by atoms with E-state index in [2.05, 4.69) is 9.97 Å². The molecular formula is C15H15ClFN3O. The zero-order valence-corrected chi connectivity index (χ0v) is 12.1. The number of nitrogens with zero attached hydrogens (tertiary/aromatic N) is 3. The minimum Gasteiger partial charge on any atom is -0.393 e. The second-order valence-corrected chi connectivity index (χ2v) is 5.49. The normalized spacial score (nSPS) is 16.2. The molecule has 21 heavy (non-hydrogen) atoms. The number of rotatable bonds is 2. The number of hydrogen-bond donors (Lipinski definition) is 1. The van der Waals surface area contributed by atoms with Crippen LogP contribution in [0.25, 0.3) is 11.3 Å². The standard InChI is InChI=1S/C15H15ClFN3O/c16-14-9-13(10-1-3-11(17)4-2-10)18-15(19-14)20-7-5-12(21)6-8-20/h1-4,9,12,21H,5-8H2. The lowest BCUT2D eigenvalue weighted by atomic mass is 10.1. The largest absolute Gasteiger partial charge is 0.393 e. The highest BCUT2D eigenvalue weighted by Crippen LogP contribution is 2.24. The molecule has 1 aromatic heterocycles. The monoisotopic (exact) mass is 307 g/mol. The molecule has 4 nitrogen and oxygen atoms in total. The number of aromatic nitrogens is 2. The van der Waals surface area contributed by atoms with Gasteiger partial charge in [-0.05, 0) is 37.1 Å². The van der Waals surface area contributed by atoms with Crippen molar-refractivity contribution >= 4 is 17.5 Å². The minimum atomic E-state index is -0.288. The summed E-state index contributed by atoms with van der Waals surface area (Å²) < 4.78 is 13.0. The smallest absolute Gasteiger partial charge is 0.227 e. The van der Waals surface area contributed by atoms with Crippen LogP contribution in [0.4, 0.5) is 10.3 Å². The fraction of sp³-hybridized carbons (Fsp3) is 0.333. The van der Waals surface area contributed by atoms with Gasteiger partial charge in [-0.25, -0.2) is 14.4 Å². The van der Waals surface area contributed by atoms with Crippen LogP contribution < -0.4 is 4.90 Å². The number of piperidine rings is 1. The van der Waals surface area contributed by atoms with E-state index < -0.39 is 0 Å². The molecule has 1 fully saturated rings. The Morgan fingerprint density at radius 3 is 2.48 bits per heavy atom. The second-order valence-electron chi connectivity index (χ2n) is 5.10. The lowest BCUT2D eigenvalue weighted by Gasteiger charge is -2.29. The molecule has 1 N–H and O–H groups in total. The van der Waals surface area contributed by atoms with Gasteiger partial charge in [0.1, 0.15) is 11.0 Å². The molecule has 0 radical (unpaired) electrons. The highest BCUT2D eigenvalue weighted by molar-refractivity contribution is 6.29. The van der Waals surface area contributed by atoms with Crippen molar-refractivity contribution in [3.05, 3.63) is 41.3 Å². The van der Waals surface area contributed by atoms with Gasteiger partial charge in [0, 0.05) is 24.7 Å². The highest BCUT2D eigenvalue weighted by Gasteiger charge is 2.20. The maximum absolute atomic E-state index is 13.0. The molecule has 0 amide bonds. The van der Waals surface area contributed by atoms with Gasteiger partial charge in [-0.15, -0.1) is 0 Å². The molecule has 0 unspecified atom stereocenters. The van der Waals surface area contributed by atoms with Crippen molar-refractivity contribution < 1.29 is 9.50 Å². The molecule has 0 bridgehead atoms. The van der Waals surface area contributed by atoms with Crippen LogP contribution in [0, 0.1) is 5.82 Å². The number of benzene rings is 1. The van der Waals surface area contributed by atoms with Crippen LogP contribution in [0.1, 0.15) is 12.8 Å². The third-order valence-corrected chi connectivity index (χ3v) is 3.76. The van der Waals surface area contributed by atoms with E-state index in [1.165, 1.54) is 12.1 Å². The Morgan fingerprint density at radius 1 is 1.14 bits per heavy atom. The molecule has 0 atom stereocenters. The predicted molar refractivity (Wildman–Crippen MR) is 79.9 cm³/mol. The number of hydrogen-bond acceptors (Lipinski definition) is 4. The maximum atomic E-state index is 13.0. The minimum absolute atomic E-state index is 0.253. The van der Waals surface area contributed by atoms with Crippen molar-refractivity contribution in [2.75, 3.05) is 18.0 Å². The van der Waals surface area contributed by atoms with Crippen molar-refractivity contribution in [3.63, 3.8) is 0 Å². The third-order valence-electron chi connectivity index (χ3n) is 3.57. The van der Waals surface area contributed by atoms with Gasteiger partial charge in [0.25, 0.3) is 0 Å². The van der Waals surface area contributed by atoms with Crippen molar-refractivity contribution in [2.45, 2.75) is 18.9 Å². The average Bonchev–Trinajstić information content (AvgIpc) is 2.48. The molecule has 0 saturated carbocycles.